The topological polar surface area (TPSA) is 65.5 Å². The van der Waals surface area contributed by atoms with Gasteiger partial charge in [0.1, 0.15) is 17.9 Å². The van der Waals surface area contributed by atoms with Gasteiger partial charge in [0.2, 0.25) is 0 Å². The lowest BCUT2D eigenvalue weighted by atomic mass is 10.1. The van der Waals surface area contributed by atoms with Crippen molar-refractivity contribution in [1.29, 1.82) is 0 Å². The summed E-state index contributed by atoms with van der Waals surface area (Å²) in [5.41, 5.74) is 8.52. The molecule has 2 aromatic carbocycles. The summed E-state index contributed by atoms with van der Waals surface area (Å²) in [6, 6.07) is 14.7. The number of ether oxygens (including phenoxy) is 1. The highest BCUT2D eigenvalue weighted by Crippen LogP contribution is 2.29. The zero-order valence-electron chi connectivity index (χ0n) is 11.6. The van der Waals surface area contributed by atoms with Gasteiger partial charge < -0.3 is 14.9 Å². The zero-order chi connectivity index (χ0) is 14.8. The molecule has 0 atom stereocenters. The number of aryl methyl sites for hydroxylation is 1. The third-order valence-electron chi connectivity index (χ3n) is 3.32. The molecule has 0 fully saturated rings. The first-order valence-corrected chi connectivity index (χ1v) is 6.64. The van der Waals surface area contributed by atoms with Crippen LogP contribution in [-0.4, -0.2) is 0 Å². The zero-order valence-corrected chi connectivity index (χ0v) is 11.6. The van der Waals surface area contributed by atoms with Crippen molar-refractivity contribution in [2.24, 2.45) is 0 Å². The first-order valence-electron chi connectivity index (χ1n) is 6.64. The minimum atomic E-state index is -0.376. The van der Waals surface area contributed by atoms with Crippen LogP contribution in [0.1, 0.15) is 11.1 Å². The summed E-state index contributed by atoms with van der Waals surface area (Å²) in [6.45, 7) is 2.26. The predicted molar refractivity (Wildman–Crippen MR) is 82.4 cm³/mol. The van der Waals surface area contributed by atoms with Crippen LogP contribution in [0.2, 0.25) is 0 Å². The fraction of sp³-hybridized carbons (Fsp3) is 0.118. The Bertz CT molecular complexity index is 838. The molecule has 0 aliphatic carbocycles. The molecule has 106 valence electrons. The molecule has 0 spiro atoms. The van der Waals surface area contributed by atoms with Gasteiger partial charge in [0.05, 0.1) is 5.69 Å². The van der Waals surface area contributed by atoms with E-state index in [2.05, 4.69) is 0 Å². The number of nitrogens with two attached hydrogens (primary N) is 1. The molecule has 0 amide bonds. The molecule has 0 aliphatic heterocycles. The summed E-state index contributed by atoms with van der Waals surface area (Å²) >= 11 is 0. The van der Waals surface area contributed by atoms with E-state index in [1.54, 1.807) is 12.1 Å². The minimum Gasteiger partial charge on any atom is -0.487 e. The Balaban J connectivity index is 1.95. The summed E-state index contributed by atoms with van der Waals surface area (Å²) in [6.07, 6.45) is 0. The number of anilines is 1. The fourth-order valence-electron chi connectivity index (χ4n) is 2.22. The molecule has 3 rings (SSSR count). The molecule has 2 N–H and O–H groups in total. The average molecular weight is 281 g/mol. The van der Waals surface area contributed by atoms with Gasteiger partial charge in [-0.05, 0) is 24.1 Å². The van der Waals surface area contributed by atoms with Crippen LogP contribution in [0.3, 0.4) is 0 Å². The van der Waals surface area contributed by atoms with Crippen molar-refractivity contribution in [3.05, 3.63) is 70.1 Å². The van der Waals surface area contributed by atoms with E-state index in [0.29, 0.717) is 23.6 Å². The van der Waals surface area contributed by atoms with Crippen molar-refractivity contribution in [3.8, 4) is 5.75 Å². The first-order chi connectivity index (χ1) is 10.1. The second kappa shape index (κ2) is 5.32. The molecule has 0 saturated carbocycles. The molecule has 0 saturated heterocycles. The van der Waals surface area contributed by atoms with E-state index in [0.717, 1.165) is 16.5 Å². The highest BCUT2D eigenvalue weighted by atomic mass is 16.5. The molecule has 0 aliphatic rings. The van der Waals surface area contributed by atoms with Gasteiger partial charge in [0, 0.05) is 17.5 Å². The first kappa shape index (κ1) is 13.2. The predicted octanol–water partition coefficient (Wildman–Crippen LogP) is 3.26. The van der Waals surface area contributed by atoms with Crippen molar-refractivity contribution < 1.29 is 9.15 Å². The maximum absolute atomic E-state index is 11.4. The Morgan fingerprint density at radius 2 is 1.90 bits per heavy atom. The van der Waals surface area contributed by atoms with Crippen LogP contribution in [0, 0.1) is 6.92 Å². The number of nitrogen functional groups attached to an aromatic ring is 1. The Hall–Kier alpha value is -2.75. The summed E-state index contributed by atoms with van der Waals surface area (Å²) in [5, 5.41) is 0.819. The van der Waals surface area contributed by atoms with Crippen LogP contribution in [0.25, 0.3) is 11.0 Å². The second-order valence-electron chi connectivity index (χ2n) is 4.91. The summed E-state index contributed by atoms with van der Waals surface area (Å²) < 4.78 is 10.9. The van der Waals surface area contributed by atoms with Crippen molar-refractivity contribution in [1.82, 2.24) is 0 Å². The number of benzene rings is 2. The number of hydrogen-bond acceptors (Lipinski definition) is 4. The standard InChI is InChI=1S/C17H15NO3/c1-11-7-17(19)21-15-9-16(14(18)8-13(11)15)20-10-12-5-3-2-4-6-12/h2-9H,10,18H2,1H3. The van der Waals surface area contributed by atoms with Crippen LogP contribution < -0.4 is 16.1 Å². The van der Waals surface area contributed by atoms with Crippen LogP contribution in [-0.2, 0) is 6.61 Å². The smallest absolute Gasteiger partial charge is 0.336 e. The highest BCUT2D eigenvalue weighted by Gasteiger charge is 2.08. The van der Waals surface area contributed by atoms with Crippen LogP contribution in [0.5, 0.6) is 5.75 Å². The van der Waals surface area contributed by atoms with E-state index in [4.69, 9.17) is 14.9 Å². The Labute approximate surface area is 121 Å². The van der Waals surface area contributed by atoms with Crippen molar-refractivity contribution >= 4 is 16.7 Å². The van der Waals surface area contributed by atoms with Gasteiger partial charge in [0.15, 0.2) is 0 Å². The molecule has 4 heteroatoms. The summed E-state index contributed by atoms with van der Waals surface area (Å²) in [5.74, 6) is 0.514. The third kappa shape index (κ3) is 2.74. The van der Waals surface area contributed by atoms with E-state index < -0.39 is 0 Å². The average Bonchev–Trinajstić information content (AvgIpc) is 2.47. The molecular weight excluding hydrogens is 266 g/mol. The Morgan fingerprint density at radius 1 is 1.14 bits per heavy atom. The Morgan fingerprint density at radius 3 is 2.67 bits per heavy atom. The maximum atomic E-state index is 11.4. The molecular formula is C17H15NO3. The van der Waals surface area contributed by atoms with Gasteiger partial charge in [-0.15, -0.1) is 0 Å². The van der Waals surface area contributed by atoms with Crippen LogP contribution >= 0.6 is 0 Å². The molecule has 1 aromatic heterocycles. The monoisotopic (exact) mass is 281 g/mol. The van der Waals surface area contributed by atoms with Crippen molar-refractivity contribution in [2.75, 3.05) is 5.73 Å². The third-order valence-corrected chi connectivity index (χ3v) is 3.32. The lowest BCUT2D eigenvalue weighted by Gasteiger charge is -2.10. The second-order valence-corrected chi connectivity index (χ2v) is 4.91. The van der Waals surface area contributed by atoms with E-state index in [1.807, 2.05) is 37.3 Å². The lowest BCUT2D eigenvalue weighted by Crippen LogP contribution is -2.01. The lowest BCUT2D eigenvalue weighted by molar-refractivity contribution is 0.308. The number of rotatable bonds is 3. The molecule has 0 radical (unpaired) electrons. The van der Waals surface area contributed by atoms with Crippen LogP contribution in [0.15, 0.2) is 57.7 Å². The van der Waals surface area contributed by atoms with Gasteiger partial charge in [-0.2, -0.15) is 0 Å². The SMILES string of the molecule is Cc1cc(=O)oc2cc(OCc3ccccc3)c(N)cc12. The van der Waals surface area contributed by atoms with Gasteiger partial charge in [-0.3, -0.25) is 0 Å². The molecule has 21 heavy (non-hydrogen) atoms. The van der Waals surface area contributed by atoms with E-state index >= 15 is 0 Å². The molecule has 4 nitrogen and oxygen atoms in total. The maximum Gasteiger partial charge on any atom is 0.336 e. The number of fused-ring (bicyclic) bond motifs is 1. The number of hydrogen-bond donors (Lipinski definition) is 1. The Kier molecular flexibility index (Phi) is 3.36. The largest absolute Gasteiger partial charge is 0.487 e. The van der Waals surface area contributed by atoms with E-state index in [9.17, 15) is 4.79 Å². The van der Waals surface area contributed by atoms with Crippen LogP contribution in [0.4, 0.5) is 5.69 Å². The minimum absolute atomic E-state index is 0.376. The molecule has 1 heterocycles. The van der Waals surface area contributed by atoms with E-state index in [-0.39, 0.29) is 5.63 Å². The normalized spacial score (nSPS) is 10.7. The van der Waals surface area contributed by atoms with Gasteiger partial charge in [0.25, 0.3) is 0 Å². The summed E-state index contributed by atoms with van der Waals surface area (Å²) in [4.78, 5) is 11.4. The van der Waals surface area contributed by atoms with E-state index in [1.165, 1.54) is 6.07 Å². The molecule has 0 bridgehead atoms. The van der Waals surface area contributed by atoms with Gasteiger partial charge in [-0.25, -0.2) is 4.79 Å². The van der Waals surface area contributed by atoms with Gasteiger partial charge in [-0.1, -0.05) is 30.3 Å². The molecule has 0 unspecified atom stereocenters. The fourth-order valence-corrected chi connectivity index (χ4v) is 2.22. The highest BCUT2D eigenvalue weighted by molar-refractivity contribution is 5.86. The summed E-state index contributed by atoms with van der Waals surface area (Å²) in [7, 11) is 0. The van der Waals surface area contributed by atoms with Gasteiger partial charge >= 0.3 is 5.63 Å². The quantitative estimate of drug-likeness (QED) is 0.591. The van der Waals surface area contributed by atoms with Crippen molar-refractivity contribution in [2.45, 2.75) is 13.5 Å². The van der Waals surface area contributed by atoms with Crippen molar-refractivity contribution in [3.63, 3.8) is 0 Å². The molecule has 3 aromatic rings.